The maximum Gasteiger partial charge on any atom is 0.193 e. The highest BCUT2D eigenvalue weighted by Crippen LogP contribution is 2.28. The van der Waals surface area contributed by atoms with Gasteiger partial charge in [-0.2, -0.15) is 0 Å². The minimum Gasteiger partial charge on any atom is -0.357 e. The van der Waals surface area contributed by atoms with Crippen molar-refractivity contribution in [2.45, 2.75) is 40.2 Å². The van der Waals surface area contributed by atoms with Gasteiger partial charge in [-0.1, -0.05) is 13.8 Å². The zero-order valence-corrected chi connectivity index (χ0v) is 15.2. The molecular formula is C17H35N5. The number of rotatable bonds is 4. The van der Waals surface area contributed by atoms with Gasteiger partial charge in [-0.15, -0.1) is 0 Å². The van der Waals surface area contributed by atoms with E-state index in [9.17, 15) is 0 Å². The molecule has 1 atom stereocenters. The fraction of sp³-hybridized carbons (Fsp3) is 0.941. The molecule has 0 amide bonds. The first-order valence-corrected chi connectivity index (χ1v) is 8.87. The van der Waals surface area contributed by atoms with E-state index in [2.05, 4.69) is 54.8 Å². The molecule has 0 saturated carbocycles. The summed E-state index contributed by atoms with van der Waals surface area (Å²) in [7, 11) is 2.21. The molecule has 0 aromatic heterocycles. The fourth-order valence-corrected chi connectivity index (χ4v) is 3.32. The molecule has 2 rings (SSSR count). The summed E-state index contributed by atoms with van der Waals surface area (Å²) in [5.41, 5.74) is 0.416. The largest absolute Gasteiger partial charge is 0.357 e. The van der Waals surface area contributed by atoms with Crippen molar-refractivity contribution in [3.8, 4) is 0 Å². The van der Waals surface area contributed by atoms with Crippen molar-refractivity contribution in [3.63, 3.8) is 0 Å². The minimum absolute atomic E-state index is 0.416. The van der Waals surface area contributed by atoms with Crippen molar-refractivity contribution in [2.75, 3.05) is 59.4 Å². The van der Waals surface area contributed by atoms with E-state index < -0.39 is 0 Å². The second-order valence-corrected chi connectivity index (χ2v) is 7.72. The average Bonchev–Trinajstić information content (AvgIpc) is 2.84. The Labute approximate surface area is 136 Å². The van der Waals surface area contributed by atoms with E-state index in [0.717, 1.165) is 32.1 Å². The van der Waals surface area contributed by atoms with Gasteiger partial charge < -0.3 is 15.1 Å². The van der Waals surface area contributed by atoms with Gasteiger partial charge >= 0.3 is 0 Å². The summed E-state index contributed by atoms with van der Waals surface area (Å²) < 4.78 is 0. The normalized spacial score (nSPS) is 25.5. The predicted octanol–water partition coefficient (Wildman–Crippen LogP) is 1.32. The summed E-state index contributed by atoms with van der Waals surface area (Å²) in [6.07, 6.45) is 1.26. The van der Waals surface area contributed by atoms with Crippen LogP contribution >= 0.6 is 0 Å². The number of piperazine rings is 1. The van der Waals surface area contributed by atoms with Crippen molar-refractivity contribution in [1.29, 1.82) is 0 Å². The topological polar surface area (TPSA) is 34.1 Å². The first-order valence-electron chi connectivity index (χ1n) is 8.87. The SMILES string of the molecule is CCNC(=NCC(C)N1CCN(C)CC1)N1CCC(C)(C)C1. The first-order chi connectivity index (χ1) is 10.4. The number of likely N-dealkylation sites (tertiary alicyclic amines) is 1. The summed E-state index contributed by atoms with van der Waals surface area (Å²) in [6, 6.07) is 0.526. The number of hydrogen-bond acceptors (Lipinski definition) is 3. The van der Waals surface area contributed by atoms with Crippen molar-refractivity contribution < 1.29 is 0 Å². The number of nitrogens with one attached hydrogen (secondary N) is 1. The van der Waals surface area contributed by atoms with Crippen LogP contribution in [-0.4, -0.2) is 86.1 Å². The third kappa shape index (κ3) is 4.85. The molecule has 2 saturated heterocycles. The lowest BCUT2D eigenvalue weighted by Crippen LogP contribution is -2.49. The van der Waals surface area contributed by atoms with E-state index in [1.807, 2.05) is 0 Å². The van der Waals surface area contributed by atoms with Gasteiger partial charge in [0.1, 0.15) is 0 Å². The number of hydrogen-bond donors (Lipinski definition) is 1. The molecule has 0 aromatic rings. The number of nitrogens with zero attached hydrogens (tertiary/aromatic N) is 4. The third-order valence-electron chi connectivity index (χ3n) is 4.98. The Morgan fingerprint density at radius 2 is 1.86 bits per heavy atom. The molecule has 5 nitrogen and oxygen atoms in total. The van der Waals surface area contributed by atoms with E-state index in [1.165, 1.54) is 32.6 Å². The lowest BCUT2D eigenvalue weighted by atomic mass is 9.93. The quantitative estimate of drug-likeness (QED) is 0.627. The molecule has 0 bridgehead atoms. The minimum atomic E-state index is 0.416. The van der Waals surface area contributed by atoms with Crippen LogP contribution < -0.4 is 5.32 Å². The van der Waals surface area contributed by atoms with Crippen LogP contribution in [0.25, 0.3) is 0 Å². The Morgan fingerprint density at radius 1 is 1.18 bits per heavy atom. The van der Waals surface area contributed by atoms with Gasteiger partial charge in [0.15, 0.2) is 5.96 Å². The maximum atomic E-state index is 4.93. The number of likely N-dealkylation sites (N-methyl/N-ethyl adjacent to an activating group) is 1. The lowest BCUT2D eigenvalue weighted by Gasteiger charge is -2.36. The molecule has 22 heavy (non-hydrogen) atoms. The second kappa shape index (κ2) is 7.64. The molecule has 1 N–H and O–H groups in total. The van der Waals surface area contributed by atoms with Crippen LogP contribution in [0.4, 0.5) is 0 Å². The van der Waals surface area contributed by atoms with Gasteiger partial charge in [-0.25, -0.2) is 0 Å². The zero-order valence-electron chi connectivity index (χ0n) is 15.2. The monoisotopic (exact) mass is 309 g/mol. The molecule has 128 valence electrons. The molecule has 0 aliphatic carbocycles. The number of aliphatic imine (C=N–C) groups is 1. The Hall–Kier alpha value is -0.810. The fourth-order valence-electron chi connectivity index (χ4n) is 3.32. The Bertz CT molecular complexity index is 371. The van der Waals surface area contributed by atoms with E-state index in [-0.39, 0.29) is 0 Å². The highest BCUT2D eigenvalue weighted by Gasteiger charge is 2.31. The standard InChI is InChI=1S/C17H35N5/c1-6-18-16(22-8-7-17(3,4)14-22)19-13-15(2)21-11-9-20(5)10-12-21/h15H,6-14H2,1-5H3,(H,18,19). The highest BCUT2D eigenvalue weighted by atomic mass is 15.3. The summed E-state index contributed by atoms with van der Waals surface area (Å²) >= 11 is 0. The number of guanidine groups is 1. The van der Waals surface area contributed by atoms with E-state index in [4.69, 9.17) is 4.99 Å². The molecule has 2 heterocycles. The van der Waals surface area contributed by atoms with Crippen molar-refractivity contribution in [2.24, 2.45) is 10.4 Å². The maximum absolute atomic E-state index is 4.93. The van der Waals surface area contributed by atoms with Gasteiger partial charge in [0.2, 0.25) is 0 Å². The van der Waals surface area contributed by atoms with Crippen molar-refractivity contribution in [1.82, 2.24) is 20.0 Å². The average molecular weight is 310 g/mol. The van der Waals surface area contributed by atoms with Crippen molar-refractivity contribution in [3.05, 3.63) is 0 Å². The molecule has 0 radical (unpaired) electrons. The van der Waals surface area contributed by atoms with Gasteiger partial charge in [0.05, 0.1) is 6.54 Å². The van der Waals surface area contributed by atoms with Crippen LogP contribution in [-0.2, 0) is 0 Å². The van der Waals surface area contributed by atoms with Crippen molar-refractivity contribution >= 4 is 5.96 Å². The Kier molecular flexibility index (Phi) is 6.09. The Morgan fingerprint density at radius 3 is 2.41 bits per heavy atom. The summed E-state index contributed by atoms with van der Waals surface area (Å²) in [6.45, 7) is 17.9. The molecular weight excluding hydrogens is 274 g/mol. The van der Waals surface area contributed by atoms with Gasteiger partial charge in [0, 0.05) is 51.9 Å². The van der Waals surface area contributed by atoms with E-state index in [1.54, 1.807) is 0 Å². The molecule has 5 heteroatoms. The molecule has 0 aromatic carbocycles. The van der Waals surface area contributed by atoms with Gasteiger partial charge in [-0.05, 0) is 32.7 Å². The summed E-state index contributed by atoms with van der Waals surface area (Å²) in [5, 5.41) is 3.48. The van der Waals surface area contributed by atoms with Crippen LogP contribution in [0.2, 0.25) is 0 Å². The highest BCUT2D eigenvalue weighted by molar-refractivity contribution is 5.80. The second-order valence-electron chi connectivity index (χ2n) is 7.72. The molecule has 1 unspecified atom stereocenters. The predicted molar refractivity (Wildman–Crippen MR) is 94.5 cm³/mol. The van der Waals surface area contributed by atoms with Gasteiger partial charge in [-0.3, -0.25) is 9.89 Å². The zero-order chi connectivity index (χ0) is 16.2. The van der Waals surface area contributed by atoms with E-state index in [0.29, 0.717) is 11.5 Å². The summed E-state index contributed by atoms with van der Waals surface area (Å²) in [4.78, 5) is 12.3. The van der Waals surface area contributed by atoms with Crippen LogP contribution in [0.3, 0.4) is 0 Å². The lowest BCUT2D eigenvalue weighted by molar-refractivity contribution is 0.122. The smallest absolute Gasteiger partial charge is 0.193 e. The third-order valence-corrected chi connectivity index (χ3v) is 4.98. The van der Waals surface area contributed by atoms with Crippen LogP contribution in [0, 0.1) is 5.41 Å². The molecule has 0 spiro atoms. The van der Waals surface area contributed by atoms with Crippen LogP contribution in [0.5, 0.6) is 0 Å². The Balaban J connectivity index is 1.89. The van der Waals surface area contributed by atoms with E-state index >= 15 is 0 Å². The van der Waals surface area contributed by atoms with Gasteiger partial charge in [0.25, 0.3) is 0 Å². The molecule has 2 fully saturated rings. The first kappa shape index (κ1) is 17.5. The molecule has 2 aliphatic heterocycles. The summed E-state index contributed by atoms with van der Waals surface area (Å²) in [5.74, 6) is 1.11. The van der Waals surface area contributed by atoms with Crippen LogP contribution in [0.15, 0.2) is 4.99 Å². The molecule has 2 aliphatic rings. The van der Waals surface area contributed by atoms with Crippen LogP contribution in [0.1, 0.15) is 34.1 Å².